The van der Waals surface area contributed by atoms with Crippen LogP contribution >= 0.6 is 11.3 Å². The summed E-state index contributed by atoms with van der Waals surface area (Å²) in [5.74, 6) is 0. The van der Waals surface area contributed by atoms with E-state index in [-0.39, 0.29) is 0 Å². The van der Waals surface area contributed by atoms with Crippen LogP contribution in [0, 0.1) is 0 Å². The maximum absolute atomic E-state index is 2.53. The van der Waals surface area contributed by atoms with Gasteiger partial charge in [-0.05, 0) is 43.3 Å². The highest BCUT2D eigenvalue weighted by Gasteiger charge is 2.38. The molecule has 6 aromatic carbocycles. The summed E-state index contributed by atoms with van der Waals surface area (Å²) in [5, 5.41) is 8.30. The zero-order valence-corrected chi connectivity index (χ0v) is 29.0. The van der Waals surface area contributed by atoms with Crippen molar-refractivity contribution in [1.29, 1.82) is 0 Å². The lowest BCUT2D eigenvalue weighted by Crippen LogP contribution is -2.66. The molecule has 0 radical (unpaired) electrons. The fourth-order valence-corrected chi connectivity index (χ4v) is 16.1. The van der Waals surface area contributed by atoms with Crippen molar-refractivity contribution in [1.82, 2.24) is 0 Å². The van der Waals surface area contributed by atoms with Crippen molar-refractivity contribution in [2.24, 2.45) is 0 Å². The van der Waals surface area contributed by atoms with E-state index in [0.29, 0.717) is 0 Å². The number of rotatable bonds is 10. The van der Waals surface area contributed by atoms with Gasteiger partial charge in [-0.3, -0.25) is 0 Å². The van der Waals surface area contributed by atoms with Crippen molar-refractivity contribution in [2.75, 3.05) is 0 Å². The maximum atomic E-state index is 2.53. The van der Waals surface area contributed by atoms with E-state index >= 15 is 0 Å². The van der Waals surface area contributed by atoms with Gasteiger partial charge in [0.2, 0.25) is 0 Å². The van der Waals surface area contributed by atoms with E-state index in [9.17, 15) is 0 Å². The summed E-state index contributed by atoms with van der Waals surface area (Å²) in [5.41, 5.74) is 5.06. The number of benzene rings is 6. The summed E-state index contributed by atoms with van der Waals surface area (Å²) >= 11 is 1.86. The van der Waals surface area contributed by atoms with Crippen LogP contribution in [0.15, 0.2) is 206 Å². The quantitative estimate of drug-likeness (QED) is 0.108. The van der Waals surface area contributed by atoms with Gasteiger partial charge in [-0.15, -0.1) is 11.3 Å². The molecule has 7 aromatic rings. The molecule has 1 aromatic heterocycles. The fraction of sp³-hybridized carbons (Fsp3) is 0. The van der Waals surface area contributed by atoms with Crippen molar-refractivity contribution in [3.05, 3.63) is 215 Å². The molecule has 7 rings (SSSR count). The summed E-state index contributed by atoms with van der Waals surface area (Å²) < 4.78 is 0. The van der Waals surface area contributed by atoms with E-state index in [2.05, 4.69) is 218 Å². The standard InChI is InChI=1S/C44H36SSi2/c1-7-19-39(20-8-1)46(40-21-9-2-10-22-40,41-23-11-3-12-24-41)35-33-37-31-32-38(45-37)34-36-47(42-25-13-4-14-26-42,43-27-15-5-16-28-43)44-29-17-6-18-30-44/h1-36H. The monoisotopic (exact) mass is 652 g/mol. The van der Waals surface area contributed by atoms with Crippen molar-refractivity contribution in [3.8, 4) is 0 Å². The Labute approximate surface area is 284 Å². The van der Waals surface area contributed by atoms with Crippen LogP contribution in [0.1, 0.15) is 9.75 Å². The van der Waals surface area contributed by atoms with Crippen molar-refractivity contribution >= 4 is 70.8 Å². The van der Waals surface area contributed by atoms with Gasteiger partial charge in [-0.1, -0.05) is 206 Å². The van der Waals surface area contributed by atoms with E-state index in [1.807, 2.05) is 11.3 Å². The molecule has 0 aliphatic rings. The zero-order chi connectivity index (χ0) is 31.8. The van der Waals surface area contributed by atoms with Gasteiger partial charge >= 0.3 is 0 Å². The van der Waals surface area contributed by atoms with Gasteiger partial charge < -0.3 is 0 Å². The van der Waals surface area contributed by atoms with Crippen LogP contribution in [0.5, 0.6) is 0 Å². The zero-order valence-electron chi connectivity index (χ0n) is 26.2. The lowest BCUT2D eigenvalue weighted by molar-refractivity contribution is 1.68. The molecule has 0 saturated carbocycles. The number of hydrogen-bond acceptors (Lipinski definition) is 1. The molecule has 0 spiro atoms. The Morgan fingerprint density at radius 2 is 0.489 bits per heavy atom. The van der Waals surface area contributed by atoms with Gasteiger partial charge in [0.15, 0.2) is 16.1 Å². The van der Waals surface area contributed by atoms with Crippen LogP contribution in [0.25, 0.3) is 12.2 Å². The average Bonchev–Trinajstić information content (AvgIpc) is 3.63. The Morgan fingerprint density at radius 3 is 0.702 bits per heavy atom. The maximum Gasteiger partial charge on any atom is 0.172 e. The summed E-state index contributed by atoms with van der Waals surface area (Å²) in [6, 6.07) is 71.0. The molecule has 0 saturated heterocycles. The first-order valence-corrected chi connectivity index (χ1v) is 21.1. The average molecular weight is 653 g/mol. The first-order valence-electron chi connectivity index (χ1n) is 16.1. The second kappa shape index (κ2) is 14.1. The third-order valence-electron chi connectivity index (χ3n) is 9.02. The lowest BCUT2D eigenvalue weighted by Gasteiger charge is -2.30. The SMILES string of the molecule is C(=C[Si](c1ccccc1)(c1ccccc1)c1ccccc1)c1ccc(C=C[Si](c2ccccc2)(c2ccccc2)c2ccccc2)s1. The van der Waals surface area contributed by atoms with Crippen molar-refractivity contribution in [3.63, 3.8) is 0 Å². The van der Waals surface area contributed by atoms with Gasteiger partial charge in [-0.2, -0.15) is 0 Å². The van der Waals surface area contributed by atoms with Gasteiger partial charge in [0.05, 0.1) is 0 Å². The molecule has 0 aliphatic heterocycles. The van der Waals surface area contributed by atoms with Gasteiger partial charge in [-0.25, -0.2) is 0 Å². The summed E-state index contributed by atoms with van der Waals surface area (Å²) in [6.07, 6.45) is 4.75. The van der Waals surface area contributed by atoms with Crippen LogP contribution in [0.2, 0.25) is 0 Å². The Kier molecular flexibility index (Phi) is 9.20. The summed E-state index contributed by atoms with van der Waals surface area (Å²) in [7, 11) is -4.93. The third kappa shape index (κ3) is 6.21. The van der Waals surface area contributed by atoms with E-state index in [4.69, 9.17) is 0 Å². The van der Waals surface area contributed by atoms with Gasteiger partial charge in [0.1, 0.15) is 0 Å². The van der Waals surface area contributed by atoms with Gasteiger partial charge in [0.25, 0.3) is 0 Å². The van der Waals surface area contributed by atoms with Crippen LogP contribution in [-0.4, -0.2) is 16.1 Å². The molecular formula is C44H36SSi2. The second-order valence-corrected chi connectivity index (χ2v) is 20.2. The number of hydrogen-bond donors (Lipinski definition) is 0. The first kappa shape index (κ1) is 30.6. The highest BCUT2D eigenvalue weighted by molar-refractivity contribution is 7.17. The molecule has 1 heterocycles. The smallest absolute Gasteiger partial charge is 0.137 e. The molecule has 226 valence electrons. The van der Waals surface area contributed by atoms with Crippen LogP contribution in [0.3, 0.4) is 0 Å². The Morgan fingerprint density at radius 1 is 0.277 bits per heavy atom. The summed E-state index contributed by atoms with van der Waals surface area (Å²) in [6.45, 7) is 0. The minimum absolute atomic E-state index is 1.26. The molecule has 0 fully saturated rings. The van der Waals surface area contributed by atoms with Crippen LogP contribution in [-0.2, 0) is 0 Å². The van der Waals surface area contributed by atoms with Crippen molar-refractivity contribution < 1.29 is 0 Å². The second-order valence-electron chi connectivity index (χ2n) is 11.7. The predicted molar refractivity (Wildman–Crippen MR) is 210 cm³/mol. The predicted octanol–water partition coefficient (Wildman–Crippen LogP) is 7.19. The normalized spacial score (nSPS) is 12.1. The topological polar surface area (TPSA) is 0 Å². The Bertz CT molecular complexity index is 1710. The van der Waals surface area contributed by atoms with E-state index in [1.165, 1.54) is 40.9 Å². The van der Waals surface area contributed by atoms with E-state index < -0.39 is 16.1 Å². The Balaban J connectivity index is 1.32. The Hall–Kier alpha value is -5.07. The molecule has 0 nitrogen and oxygen atoms in total. The number of thiophene rings is 1. The summed E-state index contributed by atoms with van der Waals surface area (Å²) in [4.78, 5) is 2.52. The molecule has 0 atom stereocenters. The third-order valence-corrected chi connectivity index (χ3v) is 18.8. The molecule has 0 amide bonds. The molecule has 0 N–H and O–H groups in total. The lowest BCUT2D eigenvalue weighted by atomic mass is 10.3. The van der Waals surface area contributed by atoms with Gasteiger partial charge in [0, 0.05) is 9.75 Å². The highest BCUT2D eigenvalue weighted by atomic mass is 32.1. The molecule has 0 bridgehead atoms. The van der Waals surface area contributed by atoms with Crippen molar-refractivity contribution in [2.45, 2.75) is 0 Å². The minimum Gasteiger partial charge on any atom is -0.137 e. The van der Waals surface area contributed by atoms with Crippen LogP contribution < -0.4 is 31.1 Å². The van der Waals surface area contributed by atoms with E-state index in [0.717, 1.165) is 0 Å². The largest absolute Gasteiger partial charge is 0.172 e. The molecule has 0 aliphatic carbocycles. The first-order chi connectivity index (χ1) is 23.3. The van der Waals surface area contributed by atoms with Crippen LogP contribution in [0.4, 0.5) is 0 Å². The molecule has 0 unspecified atom stereocenters. The molecule has 3 heteroatoms. The molecular weight excluding hydrogens is 617 g/mol. The van der Waals surface area contributed by atoms with E-state index in [1.54, 1.807) is 0 Å². The molecule has 47 heavy (non-hydrogen) atoms. The minimum atomic E-state index is -2.46. The fourth-order valence-electron chi connectivity index (χ4n) is 6.75. The highest BCUT2D eigenvalue weighted by Crippen LogP contribution is 2.22.